The molecule has 1 aromatic rings. The van der Waals surface area contributed by atoms with Gasteiger partial charge in [-0.3, -0.25) is 13.9 Å². The minimum Gasteiger partial charge on any atom is -0.481 e. The maximum absolute atomic E-state index is 12.3. The normalized spacial score (nSPS) is 17.4. The summed E-state index contributed by atoms with van der Waals surface area (Å²) in [6, 6.07) is 12.2. The standard InChI is InChI=1S/C39H52N2O12S2/c1-4-40(19-9-27-54(44,45)46)31-13-15-33-30(17-21-53-36(33)28-31)10-8-11-37-39(2,18-22-51-25-26-52-24-23-50-3)34-29-32(55(47,48)49)14-16-35(34)41(37)20-7-5-6-12-38(42)43/h8,10-11,13-17,21,28-29H,4-7,9,12,18-20,22-27H2,1-3H3,(H2-,42,43,44,45,46,47,48,49)/p+1. The third-order valence-electron chi connectivity index (χ3n) is 9.66. The highest BCUT2D eigenvalue weighted by Gasteiger charge is 2.43. The Labute approximate surface area is 323 Å². The van der Waals surface area contributed by atoms with Gasteiger partial charge in [-0.25, -0.2) is 4.58 Å². The molecule has 2 heterocycles. The first-order chi connectivity index (χ1) is 26.2. The van der Waals surface area contributed by atoms with Gasteiger partial charge in [-0.05, 0) is 80.6 Å². The van der Waals surface area contributed by atoms with Crippen LogP contribution in [0.3, 0.4) is 0 Å². The Morgan fingerprint density at radius 3 is 2.38 bits per heavy atom. The second-order valence-electron chi connectivity index (χ2n) is 13.5. The first-order valence-electron chi connectivity index (χ1n) is 18.4. The van der Waals surface area contributed by atoms with Gasteiger partial charge in [0.15, 0.2) is 0 Å². The largest absolute Gasteiger partial charge is 0.481 e. The van der Waals surface area contributed by atoms with Crippen LogP contribution in [0.4, 0.5) is 5.69 Å². The first kappa shape index (κ1) is 43.8. The van der Waals surface area contributed by atoms with Crippen molar-refractivity contribution in [3.8, 4) is 11.3 Å². The van der Waals surface area contributed by atoms with Crippen LogP contribution in [0.2, 0.25) is 0 Å². The number of benzene rings is 2. The smallest absolute Gasteiger partial charge is 0.303 e. The molecule has 0 spiro atoms. The Morgan fingerprint density at radius 2 is 1.69 bits per heavy atom. The number of carboxylic acid groups (broad SMARTS) is 1. The maximum Gasteiger partial charge on any atom is 0.303 e. The third-order valence-corrected chi connectivity index (χ3v) is 11.3. The fourth-order valence-corrected chi connectivity index (χ4v) is 7.77. The zero-order valence-electron chi connectivity index (χ0n) is 31.7. The molecule has 3 aliphatic rings. The number of ether oxygens (including phenoxy) is 3. The van der Waals surface area contributed by atoms with Gasteiger partial charge in [0.1, 0.15) is 18.8 Å². The zero-order valence-corrected chi connectivity index (χ0v) is 33.3. The van der Waals surface area contributed by atoms with Gasteiger partial charge in [-0.15, -0.1) is 0 Å². The topological polar surface area (TPSA) is 193 Å². The summed E-state index contributed by atoms with van der Waals surface area (Å²) in [5.41, 5.74) is 3.40. The number of carbonyl (C=O) groups is 1. The lowest BCUT2D eigenvalue weighted by molar-refractivity contribution is -0.137. The molecule has 16 heteroatoms. The van der Waals surface area contributed by atoms with E-state index < -0.39 is 31.6 Å². The summed E-state index contributed by atoms with van der Waals surface area (Å²) in [4.78, 5) is 13.1. The Kier molecular flexibility index (Phi) is 16.2. The van der Waals surface area contributed by atoms with Crippen molar-refractivity contribution >= 4 is 38.0 Å². The minimum absolute atomic E-state index is 0.0767. The summed E-state index contributed by atoms with van der Waals surface area (Å²) < 4.78 is 90.5. The summed E-state index contributed by atoms with van der Waals surface area (Å²) in [5.74, 6) is -0.540. The Bertz CT molecular complexity index is 2080. The van der Waals surface area contributed by atoms with Gasteiger partial charge in [0.2, 0.25) is 5.36 Å². The number of anilines is 1. The zero-order chi connectivity index (χ0) is 40.1. The van der Waals surface area contributed by atoms with E-state index in [-0.39, 0.29) is 23.5 Å². The number of nitrogens with zero attached hydrogens (tertiary/aromatic N) is 2. The van der Waals surface area contributed by atoms with E-state index in [1.807, 2.05) is 60.9 Å². The molecule has 0 saturated heterocycles. The van der Waals surface area contributed by atoms with Crippen molar-refractivity contribution < 1.29 is 54.5 Å². The molecule has 1 aliphatic carbocycles. The van der Waals surface area contributed by atoms with Gasteiger partial charge in [0.25, 0.3) is 20.2 Å². The average Bonchev–Trinajstić information content (AvgIpc) is 3.36. The van der Waals surface area contributed by atoms with Crippen LogP contribution in [0.5, 0.6) is 0 Å². The van der Waals surface area contributed by atoms with E-state index in [1.54, 1.807) is 19.4 Å². The van der Waals surface area contributed by atoms with Gasteiger partial charge in [-0.2, -0.15) is 16.8 Å². The minimum atomic E-state index is -4.49. The van der Waals surface area contributed by atoms with Crippen molar-refractivity contribution in [2.45, 2.75) is 62.7 Å². The molecular weight excluding hydrogens is 753 g/mol. The molecule has 55 heavy (non-hydrogen) atoms. The fourth-order valence-electron chi connectivity index (χ4n) is 6.77. The number of hydrogen-bond donors (Lipinski definition) is 3. The Hall–Kier alpha value is -3.90. The molecule has 0 bridgehead atoms. The monoisotopic (exact) mass is 805 g/mol. The van der Waals surface area contributed by atoms with Crippen molar-refractivity contribution in [1.82, 2.24) is 4.58 Å². The van der Waals surface area contributed by atoms with Crippen molar-refractivity contribution in [3.05, 3.63) is 83.1 Å². The molecule has 14 nitrogen and oxygen atoms in total. The molecule has 2 aliphatic heterocycles. The van der Waals surface area contributed by atoms with Gasteiger partial charge in [0.05, 0.1) is 49.4 Å². The van der Waals surface area contributed by atoms with E-state index in [1.165, 1.54) is 12.1 Å². The molecule has 0 amide bonds. The van der Waals surface area contributed by atoms with Crippen LogP contribution in [0.15, 0.2) is 75.9 Å². The van der Waals surface area contributed by atoms with Gasteiger partial charge in [0, 0.05) is 61.5 Å². The summed E-state index contributed by atoms with van der Waals surface area (Å²) in [6.45, 7) is 7.62. The Morgan fingerprint density at radius 1 is 0.945 bits per heavy atom. The Balaban J connectivity index is 1.69. The number of fused-ring (bicyclic) bond motifs is 2. The molecule has 1 aromatic carbocycles. The number of unbranched alkanes of at least 4 members (excludes halogenated alkanes) is 2. The second kappa shape index (κ2) is 20.3. The lowest BCUT2D eigenvalue weighted by Crippen LogP contribution is -2.31. The predicted octanol–water partition coefficient (Wildman–Crippen LogP) is 5.09. The molecule has 302 valence electrons. The fraction of sp³-hybridized carbons (Fsp3) is 0.487. The van der Waals surface area contributed by atoms with Crippen LogP contribution in [-0.4, -0.2) is 103 Å². The second-order valence-corrected chi connectivity index (χ2v) is 16.5. The quantitative estimate of drug-likeness (QED) is 0.0653. The average molecular weight is 806 g/mol. The van der Waals surface area contributed by atoms with E-state index in [0.29, 0.717) is 84.1 Å². The number of allylic oxidation sites excluding steroid dienone is 3. The SMILES string of the molecule is CC[N+](CCCS(=O)(=O)O)=c1ccc2c(C=CC=C3N(CCCCCC(=O)O)c4ccc(S(=O)(=O)O)cc4C3(C)CCOCCOCCOC)ccoc-2c1. The molecular formula is C39H53N2O12S2+. The van der Waals surface area contributed by atoms with Gasteiger partial charge < -0.3 is 28.6 Å². The van der Waals surface area contributed by atoms with Crippen molar-refractivity contribution in [3.63, 3.8) is 0 Å². The van der Waals surface area contributed by atoms with E-state index in [0.717, 1.165) is 33.4 Å². The van der Waals surface area contributed by atoms with Crippen LogP contribution in [0.1, 0.15) is 63.5 Å². The van der Waals surface area contributed by atoms with Crippen molar-refractivity contribution in [2.24, 2.45) is 0 Å². The van der Waals surface area contributed by atoms with Gasteiger partial charge >= 0.3 is 5.97 Å². The number of aliphatic carboxylic acids is 1. The highest BCUT2D eigenvalue weighted by Crippen LogP contribution is 2.51. The van der Waals surface area contributed by atoms with Crippen LogP contribution in [0.25, 0.3) is 17.4 Å². The first-order valence-corrected chi connectivity index (χ1v) is 21.4. The summed E-state index contributed by atoms with van der Waals surface area (Å²) >= 11 is 0. The van der Waals surface area contributed by atoms with Crippen LogP contribution in [0, 0.1) is 0 Å². The molecule has 0 fully saturated rings. The highest BCUT2D eigenvalue weighted by molar-refractivity contribution is 7.86. The molecule has 0 aromatic heterocycles. The summed E-state index contributed by atoms with van der Waals surface area (Å²) in [6.07, 6.45) is 10.2. The molecule has 1 atom stereocenters. The molecule has 1 unspecified atom stereocenters. The third kappa shape index (κ3) is 12.6. The molecule has 0 radical (unpaired) electrons. The van der Waals surface area contributed by atoms with Crippen LogP contribution in [-0.2, 0) is 44.7 Å². The lowest BCUT2D eigenvalue weighted by atomic mass is 9.78. The number of rotatable bonds is 23. The summed E-state index contributed by atoms with van der Waals surface area (Å²) in [7, 11) is -6.94. The van der Waals surface area contributed by atoms with E-state index in [2.05, 4.69) is 4.90 Å². The predicted molar refractivity (Wildman–Crippen MR) is 209 cm³/mol. The van der Waals surface area contributed by atoms with Crippen LogP contribution >= 0.6 is 0 Å². The van der Waals surface area contributed by atoms with E-state index in [9.17, 15) is 26.2 Å². The highest BCUT2D eigenvalue weighted by atomic mass is 32.2. The van der Waals surface area contributed by atoms with Crippen molar-refractivity contribution in [1.29, 1.82) is 0 Å². The lowest BCUT2D eigenvalue weighted by Gasteiger charge is -2.30. The van der Waals surface area contributed by atoms with Gasteiger partial charge in [-0.1, -0.05) is 18.6 Å². The molecule has 0 saturated carbocycles. The summed E-state index contributed by atoms with van der Waals surface area (Å²) in [5, 5.41) is 9.99. The number of methoxy groups -OCH3 is 1. The molecule has 4 rings (SSSR count). The number of hydrogen-bond acceptors (Lipinski definition) is 10. The maximum atomic E-state index is 12.3. The van der Waals surface area contributed by atoms with E-state index in [4.69, 9.17) is 28.3 Å². The van der Waals surface area contributed by atoms with Crippen molar-refractivity contribution in [2.75, 3.05) is 70.4 Å². The van der Waals surface area contributed by atoms with Crippen LogP contribution < -0.4 is 14.8 Å². The molecule has 3 N–H and O–H groups in total. The van der Waals surface area contributed by atoms with E-state index >= 15 is 0 Å². The number of carboxylic acids is 1.